The van der Waals surface area contributed by atoms with Crippen molar-refractivity contribution in [3.63, 3.8) is 0 Å². The molecule has 1 aromatic heterocycles. The third-order valence-corrected chi connectivity index (χ3v) is 4.14. The van der Waals surface area contributed by atoms with Crippen LogP contribution in [0.3, 0.4) is 0 Å². The highest BCUT2D eigenvalue weighted by Gasteiger charge is 2.16. The molecule has 124 valence electrons. The van der Waals surface area contributed by atoms with Gasteiger partial charge in [0.25, 0.3) is 0 Å². The van der Waals surface area contributed by atoms with Crippen molar-refractivity contribution in [3.05, 3.63) is 29.8 Å². The van der Waals surface area contributed by atoms with E-state index in [-0.39, 0.29) is 11.7 Å². The minimum absolute atomic E-state index is 0.228. The summed E-state index contributed by atoms with van der Waals surface area (Å²) >= 11 is 1.37. The van der Waals surface area contributed by atoms with Crippen molar-refractivity contribution in [2.75, 3.05) is 12.4 Å². The van der Waals surface area contributed by atoms with E-state index in [4.69, 9.17) is 4.74 Å². The second-order valence-corrected chi connectivity index (χ2v) is 6.71. The van der Waals surface area contributed by atoms with E-state index < -0.39 is 0 Å². The number of nitrogens with zero attached hydrogens (tertiary/aromatic N) is 3. The molecule has 0 atom stereocenters. The van der Waals surface area contributed by atoms with Crippen LogP contribution < -0.4 is 0 Å². The van der Waals surface area contributed by atoms with Gasteiger partial charge in [0.1, 0.15) is 0 Å². The van der Waals surface area contributed by atoms with Crippen molar-refractivity contribution >= 4 is 17.7 Å². The third-order valence-electron chi connectivity index (χ3n) is 3.20. The number of aryl methyl sites for hydroxylation is 1. The molecule has 0 bridgehead atoms. The molecule has 1 heterocycles. The summed E-state index contributed by atoms with van der Waals surface area (Å²) in [4.78, 5) is 11.6. The molecular weight excluding hydrogens is 310 g/mol. The first kappa shape index (κ1) is 17.5. The number of rotatable bonds is 7. The average molecular weight is 333 g/mol. The molecule has 0 amide bonds. The monoisotopic (exact) mass is 333 g/mol. The van der Waals surface area contributed by atoms with E-state index in [0.29, 0.717) is 12.5 Å². The SMILES string of the molecule is CCOC(=O)CSc1nnc(-c2ccc(C)cc2)n1CC(C)C. The average Bonchev–Trinajstić information content (AvgIpc) is 2.88. The maximum Gasteiger partial charge on any atom is 0.316 e. The van der Waals surface area contributed by atoms with Gasteiger partial charge in [-0.2, -0.15) is 0 Å². The van der Waals surface area contributed by atoms with E-state index in [1.807, 2.05) is 0 Å². The van der Waals surface area contributed by atoms with Gasteiger partial charge in [-0.15, -0.1) is 10.2 Å². The van der Waals surface area contributed by atoms with Crippen molar-refractivity contribution in [1.29, 1.82) is 0 Å². The van der Waals surface area contributed by atoms with Crippen LogP contribution in [0.1, 0.15) is 26.3 Å². The van der Waals surface area contributed by atoms with Crippen molar-refractivity contribution < 1.29 is 9.53 Å². The Bertz CT molecular complexity index is 650. The molecule has 0 aliphatic carbocycles. The van der Waals surface area contributed by atoms with Crippen LogP contribution in [-0.4, -0.2) is 33.1 Å². The number of esters is 1. The highest BCUT2D eigenvalue weighted by Crippen LogP contribution is 2.25. The van der Waals surface area contributed by atoms with Crippen LogP contribution in [0.25, 0.3) is 11.4 Å². The molecule has 0 saturated heterocycles. The first-order valence-electron chi connectivity index (χ1n) is 7.80. The maximum atomic E-state index is 11.6. The lowest BCUT2D eigenvalue weighted by molar-refractivity contribution is -0.139. The molecule has 5 nitrogen and oxygen atoms in total. The van der Waals surface area contributed by atoms with Gasteiger partial charge in [0, 0.05) is 12.1 Å². The smallest absolute Gasteiger partial charge is 0.316 e. The van der Waals surface area contributed by atoms with Gasteiger partial charge in [-0.05, 0) is 19.8 Å². The first-order chi connectivity index (χ1) is 11.0. The summed E-state index contributed by atoms with van der Waals surface area (Å²) in [5.41, 5.74) is 2.24. The van der Waals surface area contributed by atoms with Crippen LogP contribution in [-0.2, 0) is 16.1 Å². The lowest BCUT2D eigenvalue weighted by Crippen LogP contribution is -2.10. The Labute approximate surface area is 141 Å². The van der Waals surface area contributed by atoms with Gasteiger partial charge in [0.15, 0.2) is 11.0 Å². The number of benzene rings is 1. The molecule has 2 aromatic rings. The van der Waals surface area contributed by atoms with Crippen molar-refractivity contribution in [1.82, 2.24) is 14.8 Å². The molecule has 1 aromatic carbocycles. The molecular formula is C17H23N3O2S. The zero-order chi connectivity index (χ0) is 16.8. The standard InChI is InChI=1S/C17H23N3O2S/c1-5-22-15(21)11-23-17-19-18-16(20(17)10-12(2)3)14-8-6-13(4)7-9-14/h6-9,12H,5,10-11H2,1-4H3. The van der Waals surface area contributed by atoms with Gasteiger partial charge in [-0.25, -0.2) is 0 Å². The zero-order valence-corrected chi connectivity index (χ0v) is 14.9. The van der Waals surface area contributed by atoms with Gasteiger partial charge in [0.2, 0.25) is 0 Å². The van der Waals surface area contributed by atoms with E-state index in [1.165, 1.54) is 17.3 Å². The molecule has 0 fully saturated rings. The van der Waals surface area contributed by atoms with Gasteiger partial charge in [0.05, 0.1) is 12.4 Å². The topological polar surface area (TPSA) is 57.0 Å². The summed E-state index contributed by atoms with van der Waals surface area (Å²) in [7, 11) is 0. The lowest BCUT2D eigenvalue weighted by atomic mass is 10.1. The Balaban J connectivity index is 2.25. The molecule has 23 heavy (non-hydrogen) atoms. The summed E-state index contributed by atoms with van der Waals surface area (Å²) in [5.74, 6) is 1.31. The van der Waals surface area contributed by atoms with E-state index in [0.717, 1.165) is 23.1 Å². The van der Waals surface area contributed by atoms with Crippen LogP contribution in [0.5, 0.6) is 0 Å². The van der Waals surface area contributed by atoms with E-state index in [9.17, 15) is 4.79 Å². The van der Waals surface area contributed by atoms with Gasteiger partial charge in [-0.1, -0.05) is 55.4 Å². The number of aromatic nitrogens is 3. The predicted molar refractivity (Wildman–Crippen MR) is 92.4 cm³/mol. The molecule has 2 rings (SSSR count). The molecule has 6 heteroatoms. The minimum Gasteiger partial charge on any atom is -0.465 e. The highest BCUT2D eigenvalue weighted by atomic mass is 32.2. The van der Waals surface area contributed by atoms with Crippen LogP contribution in [0.2, 0.25) is 0 Å². The quantitative estimate of drug-likeness (QED) is 0.573. The molecule has 0 unspecified atom stereocenters. The Morgan fingerprint density at radius 2 is 1.96 bits per heavy atom. The molecule has 0 spiro atoms. The van der Waals surface area contributed by atoms with Crippen LogP contribution in [0, 0.1) is 12.8 Å². The van der Waals surface area contributed by atoms with E-state index in [1.54, 1.807) is 6.92 Å². The van der Waals surface area contributed by atoms with Gasteiger partial charge < -0.3 is 9.30 Å². The summed E-state index contributed by atoms with van der Waals surface area (Å²) in [6.07, 6.45) is 0. The molecule has 0 aliphatic heterocycles. The summed E-state index contributed by atoms with van der Waals surface area (Å²) in [5, 5.41) is 9.35. The Kier molecular flexibility index (Phi) is 6.21. The summed E-state index contributed by atoms with van der Waals surface area (Å²) in [6, 6.07) is 8.23. The number of hydrogen-bond acceptors (Lipinski definition) is 5. The largest absolute Gasteiger partial charge is 0.465 e. The first-order valence-corrected chi connectivity index (χ1v) is 8.78. The van der Waals surface area contributed by atoms with E-state index >= 15 is 0 Å². The maximum absolute atomic E-state index is 11.6. The Hall–Kier alpha value is -1.82. The fourth-order valence-corrected chi connectivity index (χ4v) is 2.91. The fraction of sp³-hybridized carbons (Fsp3) is 0.471. The summed E-state index contributed by atoms with van der Waals surface area (Å²) in [6.45, 7) is 9.37. The predicted octanol–water partition coefficient (Wildman–Crippen LogP) is 3.56. The van der Waals surface area contributed by atoms with Gasteiger partial charge in [-0.3, -0.25) is 4.79 Å². The number of hydrogen-bond donors (Lipinski definition) is 0. The second-order valence-electron chi connectivity index (χ2n) is 5.77. The second kappa shape index (κ2) is 8.15. The normalized spacial score (nSPS) is 11.0. The third kappa shape index (κ3) is 4.82. The number of carbonyl (C=O) groups is 1. The van der Waals surface area contributed by atoms with Crippen molar-refractivity contribution in [2.45, 2.75) is 39.4 Å². The zero-order valence-electron chi connectivity index (χ0n) is 14.1. The highest BCUT2D eigenvalue weighted by molar-refractivity contribution is 7.99. The molecule has 0 radical (unpaired) electrons. The van der Waals surface area contributed by atoms with Crippen molar-refractivity contribution in [2.24, 2.45) is 5.92 Å². The molecule has 0 saturated carbocycles. The van der Waals surface area contributed by atoms with E-state index in [2.05, 4.69) is 59.8 Å². The number of carbonyl (C=O) groups excluding carboxylic acids is 1. The van der Waals surface area contributed by atoms with Crippen LogP contribution in [0.15, 0.2) is 29.4 Å². The summed E-state index contributed by atoms with van der Waals surface area (Å²) < 4.78 is 7.05. The number of thioether (sulfide) groups is 1. The minimum atomic E-state index is -0.228. The van der Waals surface area contributed by atoms with Gasteiger partial charge >= 0.3 is 5.97 Å². The molecule has 0 aliphatic rings. The van der Waals surface area contributed by atoms with Crippen LogP contribution >= 0.6 is 11.8 Å². The Morgan fingerprint density at radius 1 is 1.26 bits per heavy atom. The fourth-order valence-electron chi connectivity index (χ4n) is 2.17. The number of ether oxygens (including phenoxy) is 1. The van der Waals surface area contributed by atoms with Crippen molar-refractivity contribution in [3.8, 4) is 11.4 Å². The van der Waals surface area contributed by atoms with Crippen LogP contribution in [0.4, 0.5) is 0 Å². The Morgan fingerprint density at radius 3 is 2.57 bits per heavy atom. The lowest BCUT2D eigenvalue weighted by Gasteiger charge is -2.12. The molecule has 0 N–H and O–H groups in total.